The van der Waals surface area contributed by atoms with Crippen molar-refractivity contribution in [1.29, 1.82) is 0 Å². The Bertz CT molecular complexity index is 1220. The van der Waals surface area contributed by atoms with Crippen molar-refractivity contribution in [1.82, 2.24) is 9.88 Å². The van der Waals surface area contributed by atoms with Crippen LogP contribution in [0, 0.1) is 18.6 Å². The molecule has 2 aromatic carbocycles. The predicted molar refractivity (Wildman–Crippen MR) is 119 cm³/mol. The normalized spacial score (nSPS) is 14.1. The van der Waals surface area contributed by atoms with Crippen molar-refractivity contribution in [2.45, 2.75) is 20.4 Å². The first kappa shape index (κ1) is 22.0. The minimum absolute atomic E-state index is 0.0291. The third kappa shape index (κ3) is 4.10. The molecule has 1 aliphatic heterocycles. The Balaban J connectivity index is 1.95. The van der Waals surface area contributed by atoms with Crippen LogP contribution in [0.1, 0.15) is 28.4 Å². The number of carbonyl (C=O) groups excluding carboxylic acids is 1. The predicted octanol–water partition coefficient (Wildman–Crippen LogP) is 3.22. The highest BCUT2D eigenvalue weighted by Crippen LogP contribution is 2.30. The van der Waals surface area contributed by atoms with Crippen LogP contribution in [-0.2, 0) is 11.3 Å². The summed E-state index contributed by atoms with van der Waals surface area (Å²) in [6.45, 7) is 5.98. The molecule has 4 rings (SSSR count). The number of halogens is 2. The van der Waals surface area contributed by atoms with Crippen LogP contribution >= 0.6 is 0 Å². The summed E-state index contributed by atoms with van der Waals surface area (Å²) in [5.74, 6) is -2.44. The van der Waals surface area contributed by atoms with Crippen LogP contribution in [0.2, 0.25) is 0 Å². The van der Waals surface area contributed by atoms with E-state index in [1.54, 1.807) is 11.8 Å². The van der Waals surface area contributed by atoms with E-state index in [9.17, 15) is 9.59 Å². The summed E-state index contributed by atoms with van der Waals surface area (Å²) in [7, 11) is 0. The van der Waals surface area contributed by atoms with E-state index < -0.39 is 23.0 Å². The Labute approximate surface area is 184 Å². The lowest BCUT2D eigenvalue weighted by Crippen LogP contribution is -2.44. The van der Waals surface area contributed by atoms with Gasteiger partial charge in [-0.05, 0) is 25.5 Å². The standard InChI is InChI=1S/C24H25F2N3O3/c1-3-32-24(31)18-14-29(13-16-6-4-15(2)5-7-16)21-17(23(18)30)12-19(25)22(20(21)26)28-10-8-27-9-11-28/h4-7,12,14,27H,3,8-11,13H2,1-2H3. The van der Waals surface area contributed by atoms with Crippen LogP contribution in [0.4, 0.5) is 14.5 Å². The second kappa shape index (κ2) is 9.08. The fourth-order valence-electron chi connectivity index (χ4n) is 4.02. The second-order valence-corrected chi connectivity index (χ2v) is 7.86. The zero-order valence-electron chi connectivity index (χ0n) is 18.1. The Kier molecular flexibility index (Phi) is 6.23. The van der Waals surface area contributed by atoms with Gasteiger partial charge in [-0.1, -0.05) is 29.8 Å². The van der Waals surface area contributed by atoms with Crippen molar-refractivity contribution in [3.05, 3.63) is 75.1 Å². The van der Waals surface area contributed by atoms with Gasteiger partial charge in [0.15, 0.2) is 5.82 Å². The Hall–Kier alpha value is -3.26. The Morgan fingerprint density at radius 2 is 1.84 bits per heavy atom. The summed E-state index contributed by atoms with van der Waals surface area (Å²) in [4.78, 5) is 27.1. The molecule has 0 aliphatic carbocycles. The lowest BCUT2D eigenvalue weighted by Gasteiger charge is -2.30. The molecule has 1 fully saturated rings. The van der Waals surface area contributed by atoms with Gasteiger partial charge in [-0.15, -0.1) is 0 Å². The number of esters is 1. The number of benzene rings is 2. The smallest absolute Gasteiger partial charge is 0.343 e. The number of anilines is 1. The summed E-state index contributed by atoms with van der Waals surface area (Å²) in [6, 6.07) is 8.67. The van der Waals surface area contributed by atoms with E-state index in [1.165, 1.54) is 10.8 Å². The molecule has 2 heterocycles. The van der Waals surface area contributed by atoms with E-state index >= 15 is 8.78 Å². The average Bonchev–Trinajstić information content (AvgIpc) is 2.78. The van der Waals surface area contributed by atoms with Gasteiger partial charge >= 0.3 is 5.97 Å². The Morgan fingerprint density at radius 1 is 1.16 bits per heavy atom. The number of aromatic nitrogens is 1. The second-order valence-electron chi connectivity index (χ2n) is 7.86. The molecule has 0 unspecified atom stereocenters. The van der Waals surface area contributed by atoms with Crippen molar-refractivity contribution in [3.8, 4) is 0 Å². The number of nitrogens with zero attached hydrogens (tertiary/aromatic N) is 2. The van der Waals surface area contributed by atoms with Crippen LogP contribution in [0.15, 0.2) is 41.3 Å². The molecule has 3 aromatic rings. The Morgan fingerprint density at radius 3 is 2.50 bits per heavy atom. The van der Waals surface area contributed by atoms with Gasteiger partial charge < -0.3 is 19.5 Å². The molecular weight excluding hydrogens is 416 g/mol. The van der Waals surface area contributed by atoms with E-state index in [1.807, 2.05) is 31.2 Å². The molecular formula is C24H25F2N3O3. The number of nitrogens with one attached hydrogen (secondary N) is 1. The number of rotatable bonds is 5. The van der Waals surface area contributed by atoms with Crippen LogP contribution in [0.3, 0.4) is 0 Å². The number of piperazine rings is 1. The minimum Gasteiger partial charge on any atom is -0.462 e. The lowest BCUT2D eigenvalue weighted by molar-refractivity contribution is 0.0524. The maximum absolute atomic E-state index is 15.8. The van der Waals surface area contributed by atoms with Crippen LogP contribution in [0.25, 0.3) is 10.9 Å². The maximum atomic E-state index is 15.8. The van der Waals surface area contributed by atoms with Crippen molar-refractivity contribution in [2.75, 3.05) is 37.7 Å². The average molecular weight is 441 g/mol. The topological polar surface area (TPSA) is 63.6 Å². The van der Waals surface area contributed by atoms with Gasteiger partial charge in [0, 0.05) is 38.9 Å². The van der Waals surface area contributed by atoms with Gasteiger partial charge in [0.05, 0.1) is 17.5 Å². The number of ether oxygens (including phenoxy) is 1. The van der Waals surface area contributed by atoms with Gasteiger partial charge in [0.2, 0.25) is 5.43 Å². The van der Waals surface area contributed by atoms with Crippen molar-refractivity contribution >= 4 is 22.6 Å². The zero-order valence-corrected chi connectivity index (χ0v) is 18.1. The number of aryl methyl sites for hydroxylation is 1. The fourth-order valence-corrected chi connectivity index (χ4v) is 4.02. The lowest BCUT2D eigenvalue weighted by atomic mass is 10.1. The molecule has 1 aromatic heterocycles. The van der Waals surface area contributed by atoms with Gasteiger partial charge in [-0.25, -0.2) is 13.6 Å². The van der Waals surface area contributed by atoms with Crippen LogP contribution in [0.5, 0.6) is 0 Å². The molecule has 0 radical (unpaired) electrons. The third-order valence-electron chi connectivity index (χ3n) is 5.63. The molecule has 0 spiro atoms. The molecule has 0 saturated carbocycles. The maximum Gasteiger partial charge on any atom is 0.343 e. The highest BCUT2D eigenvalue weighted by atomic mass is 19.1. The van der Waals surface area contributed by atoms with Crippen molar-refractivity contribution in [2.24, 2.45) is 0 Å². The van der Waals surface area contributed by atoms with E-state index in [0.29, 0.717) is 26.2 Å². The highest BCUT2D eigenvalue weighted by Gasteiger charge is 2.26. The number of carbonyl (C=O) groups is 1. The molecule has 32 heavy (non-hydrogen) atoms. The third-order valence-corrected chi connectivity index (χ3v) is 5.63. The minimum atomic E-state index is -0.822. The van der Waals surface area contributed by atoms with E-state index in [4.69, 9.17) is 4.74 Å². The molecule has 168 valence electrons. The zero-order chi connectivity index (χ0) is 22.8. The SMILES string of the molecule is CCOC(=O)c1cn(Cc2ccc(C)cc2)c2c(F)c(N3CCNCC3)c(F)cc2c1=O. The first-order valence-electron chi connectivity index (χ1n) is 10.6. The fraction of sp³-hybridized carbons (Fsp3) is 0.333. The van der Waals surface area contributed by atoms with Gasteiger partial charge in [-0.2, -0.15) is 0 Å². The van der Waals surface area contributed by atoms with Crippen molar-refractivity contribution < 1.29 is 18.3 Å². The summed E-state index contributed by atoms with van der Waals surface area (Å²) >= 11 is 0. The molecule has 0 amide bonds. The van der Waals surface area contributed by atoms with Crippen LogP contribution < -0.4 is 15.6 Å². The number of pyridine rings is 1. The number of hydrogen-bond donors (Lipinski definition) is 1. The van der Waals surface area contributed by atoms with Gasteiger partial charge in [0.1, 0.15) is 17.1 Å². The molecule has 1 saturated heterocycles. The molecule has 1 aliphatic rings. The quantitative estimate of drug-likeness (QED) is 0.616. The highest BCUT2D eigenvalue weighted by molar-refractivity contribution is 5.95. The summed E-state index contributed by atoms with van der Waals surface area (Å²) in [5, 5.41) is 2.97. The van der Waals surface area contributed by atoms with E-state index in [-0.39, 0.29) is 35.3 Å². The molecule has 0 bridgehead atoms. The number of fused-ring (bicyclic) bond motifs is 1. The van der Waals surface area contributed by atoms with Crippen LogP contribution in [-0.4, -0.2) is 43.3 Å². The molecule has 8 heteroatoms. The van der Waals surface area contributed by atoms with E-state index in [2.05, 4.69) is 5.32 Å². The molecule has 0 atom stereocenters. The largest absolute Gasteiger partial charge is 0.462 e. The molecule has 1 N–H and O–H groups in total. The van der Waals surface area contributed by atoms with Crippen molar-refractivity contribution in [3.63, 3.8) is 0 Å². The van der Waals surface area contributed by atoms with Gasteiger partial charge in [0.25, 0.3) is 0 Å². The first-order chi connectivity index (χ1) is 15.4. The summed E-state index contributed by atoms with van der Waals surface area (Å²) in [6.07, 6.45) is 1.31. The van der Waals surface area contributed by atoms with E-state index in [0.717, 1.165) is 17.2 Å². The monoisotopic (exact) mass is 441 g/mol. The van der Waals surface area contributed by atoms with Gasteiger partial charge in [-0.3, -0.25) is 4.79 Å². The summed E-state index contributed by atoms with van der Waals surface area (Å²) in [5.41, 5.74) is 0.740. The molecule has 6 nitrogen and oxygen atoms in total. The summed E-state index contributed by atoms with van der Waals surface area (Å²) < 4.78 is 37.4. The first-order valence-corrected chi connectivity index (χ1v) is 10.6. The number of hydrogen-bond acceptors (Lipinski definition) is 5.